The van der Waals surface area contributed by atoms with E-state index in [4.69, 9.17) is 0 Å². The number of carbonyl (C=O) groups is 2. The van der Waals surface area contributed by atoms with Gasteiger partial charge in [-0.05, 0) is 29.8 Å². The summed E-state index contributed by atoms with van der Waals surface area (Å²) in [5, 5.41) is 7.00. The number of carbonyl (C=O) groups excluding carboxylic acids is 2. The van der Waals surface area contributed by atoms with Crippen molar-refractivity contribution in [3.05, 3.63) is 59.9 Å². The third-order valence-electron chi connectivity index (χ3n) is 3.38. The van der Waals surface area contributed by atoms with Crippen LogP contribution in [0.4, 0.5) is 28.9 Å². The Morgan fingerprint density at radius 1 is 0.926 bits per heavy atom. The van der Waals surface area contributed by atoms with Crippen molar-refractivity contribution in [2.45, 2.75) is 12.6 Å². The molecular weight excluding hydrogens is 366 g/mol. The van der Waals surface area contributed by atoms with Crippen molar-refractivity contribution in [3.8, 4) is 0 Å². The van der Waals surface area contributed by atoms with Crippen LogP contribution in [0.3, 0.4) is 0 Å². The molecule has 0 bridgehead atoms. The average molecular weight is 383 g/mol. The van der Waals surface area contributed by atoms with Crippen LogP contribution >= 0.6 is 0 Å². The van der Waals surface area contributed by atoms with E-state index in [9.17, 15) is 27.2 Å². The smallest absolute Gasteiger partial charge is 0.375 e. The number of amides is 2. The molecule has 0 unspecified atom stereocenters. The number of rotatable bonds is 7. The van der Waals surface area contributed by atoms with Crippen LogP contribution in [-0.4, -0.2) is 31.1 Å². The lowest BCUT2D eigenvalue weighted by molar-refractivity contribution is -0.123. The van der Waals surface area contributed by atoms with Gasteiger partial charge in [-0.15, -0.1) is 0 Å². The normalized spacial score (nSPS) is 11.0. The fourth-order valence-corrected chi connectivity index (χ4v) is 2.21. The van der Waals surface area contributed by atoms with E-state index in [1.165, 1.54) is 36.4 Å². The quantitative estimate of drug-likeness (QED) is 0.644. The summed E-state index contributed by atoms with van der Waals surface area (Å²) in [6.45, 7) is -1.62. The van der Waals surface area contributed by atoms with Crippen LogP contribution < -0.4 is 16.0 Å². The lowest BCUT2D eigenvalue weighted by Gasteiger charge is -2.14. The Hall–Kier alpha value is -3.10. The molecular formula is C18H17F4N3O2. The summed E-state index contributed by atoms with van der Waals surface area (Å²) in [5.74, 6) is -1.57. The zero-order chi connectivity index (χ0) is 19.9. The highest BCUT2D eigenvalue weighted by atomic mass is 19.4. The molecule has 5 nitrogen and oxygen atoms in total. The summed E-state index contributed by atoms with van der Waals surface area (Å²) >= 11 is 0. The number of alkyl halides is 3. The maximum absolute atomic E-state index is 13.1. The summed E-state index contributed by atoms with van der Waals surface area (Å²) < 4.78 is 50.1. The Morgan fingerprint density at radius 3 is 2.30 bits per heavy atom. The molecule has 0 saturated heterocycles. The maximum Gasteiger partial charge on any atom is 0.405 e. The number of benzene rings is 2. The predicted octanol–water partition coefficient (Wildman–Crippen LogP) is 3.10. The fraction of sp³-hybridized carbons (Fsp3) is 0.222. The van der Waals surface area contributed by atoms with Gasteiger partial charge < -0.3 is 16.0 Å². The SMILES string of the molecule is O=C(Cc1cccc(F)c1)NCC(=O)Nc1ccccc1NCC(F)(F)F. The first kappa shape index (κ1) is 20.2. The summed E-state index contributed by atoms with van der Waals surface area (Å²) in [6, 6.07) is 11.4. The van der Waals surface area contributed by atoms with Crippen molar-refractivity contribution in [3.63, 3.8) is 0 Å². The lowest BCUT2D eigenvalue weighted by atomic mass is 10.1. The molecule has 9 heteroatoms. The topological polar surface area (TPSA) is 70.2 Å². The van der Waals surface area contributed by atoms with E-state index in [2.05, 4.69) is 16.0 Å². The van der Waals surface area contributed by atoms with Gasteiger partial charge in [-0.1, -0.05) is 24.3 Å². The zero-order valence-electron chi connectivity index (χ0n) is 14.1. The Kier molecular flexibility index (Phi) is 6.75. The van der Waals surface area contributed by atoms with Crippen molar-refractivity contribution in [2.75, 3.05) is 23.7 Å². The third kappa shape index (κ3) is 7.35. The molecule has 0 aliphatic carbocycles. The van der Waals surface area contributed by atoms with Crippen LogP contribution in [0.15, 0.2) is 48.5 Å². The van der Waals surface area contributed by atoms with Crippen LogP contribution in [0.25, 0.3) is 0 Å². The molecule has 0 radical (unpaired) electrons. The number of halogens is 4. The molecule has 2 amide bonds. The molecule has 0 aliphatic rings. The van der Waals surface area contributed by atoms with E-state index in [1.54, 1.807) is 12.1 Å². The van der Waals surface area contributed by atoms with E-state index >= 15 is 0 Å². The van der Waals surface area contributed by atoms with Gasteiger partial charge in [-0.25, -0.2) is 4.39 Å². The highest BCUT2D eigenvalue weighted by Crippen LogP contribution is 2.23. The Bertz CT molecular complexity index is 809. The van der Waals surface area contributed by atoms with Crippen molar-refractivity contribution < 1.29 is 27.2 Å². The molecule has 2 rings (SSSR count). The molecule has 144 valence electrons. The first-order valence-corrected chi connectivity index (χ1v) is 7.93. The maximum atomic E-state index is 13.1. The van der Waals surface area contributed by atoms with Gasteiger partial charge in [0.25, 0.3) is 0 Å². The number of hydrogen-bond acceptors (Lipinski definition) is 3. The van der Waals surface area contributed by atoms with Crippen molar-refractivity contribution in [1.29, 1.82) is 0 Å². The van der Waals surface area contributed by atoms with Gasteiger partial charge in [0, 0.05) is 0 Å². The summed E-state index contributed by atoms with van der Waals surface area (Å²) in [6.07, 6.45) is -4.50. The number of anilines is 2. The Balaban J connectivity index is 1.86. The van der Waals surface area contributed by atoms with Gasteiger partial charge >= 0.3 is 6.18 Å². The molecule has 0 saturated carbocycles. The molecule has 2 aromatic carbocycles. The van der Waals surface area contributed by atoms with Crippen LogP contribution in [0.5, 0.6) is 0 Å². The van der Waals surface area contributed by atoms with Crippen LogP contribution in [0.1, 0.15) is 5.56 Å². The highest BCUT2D eigenvalue weighted by Gasteiger charge is 2.27. The summed E-state index contributed by atoms with van der Waals surface area (Å²) in [7, 11) is 0. The lowest BCUT2D eigenvalue weighted by Crippen LogP contribution is -2.34. The van der Waals surface area contributed by atoms with E-state index in [1.807, 2.05) is 0 Å². The van der Waals surface area contributed by atoms with Crippen LogP contribution in [0, 0.1) is 5.82 Å². The van der Waals surface area contributed by atoms with Gasteiger partial charge in [-0.3, -0.25) is 9.59 Å². The molecule has 0 fully saturated rings. The average Bonchev–Trinajstić information content (AvgIpc) is 2.58. The van der Waals surface area contributed by atoms with Gasteiger partial charge in [0.15, 0.2) is 0 Å². The highest BCUT2D eigenvalue weighted by molar-refractivity contribution is 5.97. The number of para-hydroxylation sites is 2. The second-order valence-corrected chi connectivity index (χ2v) is 5.65. The monoisotopic (exact) mass is 383 g/mol. The van der Waals surface area contributed by atoms with Gasteiger partial charge in [0.2, 0.25) is 11.8 Å². The van der Waals surface area contributed by atoms with Gasteiger partial charge in [0.05, 0.1) is 24.3 Å². The Labute approximate surface area is 152 Å². The standard InChI is InChI=1S/C18H17F4N3O2/c19-13-5-3-4-12(8-13)9-16(26)23-10-17(27)25-15-7-2-1-6-14(15)24-11-18(20,21)22/h1-8,24H,9-11H2,(H,23,26)(H,25,27). The molecule has 3 N–H and O–H groups in total. The molecule has 0 aromatic heterocycles. The molecule has 27 heavy (non-hydrogen) atoms. The van der Waals surface area contributed by atoms with E-state index in [0.29, 0.717) is 5.56 Å². The molecule has 0 heterocycles. The Morgan fingerprint density at radius 2 is 1.63 bits per heavy atom. The minimum atomic E-state index is -4.40. The van der Waals surface area contributed by atoms with E-state index in [0.717, 1.165) is 0 Å². The minimum absolute atomic E-state index is 0.102. The van der Waals surface area contributed by atoms with Crippen LogP contribution in [0.2, 0.25) is 0 Å². The molecule has 0 atom stereocenters. The largest absolute Gasteiger partial charge is 0.405 e. The second-order valence-electron chi connectivity index (χ2n) is 5.65. The summed E-state index contributed by atoms with van der Waals surface area (Å²) in [5.41, 5.74) is 0.718. The van der Waals surface area contributed by atoms with Crippen molar-refractivity contribution in [2.24, 2.45) is 0 Å². The van der Waals surface area contributed by atoms with Gasteiger partial charge in [-0.2, -0.15) is 13.2 Å². The van der Waals surface area contributed by atoms with Crippen molar-refractivity contribution >= 4 is 23.2 Å². The summed E-state index contributed by atoms with van der Waals surface area (Å²) in [4.78, 5) is 23.8. The van der Waals surface area contributed by atoms with Crippen molar-refractivity contribution in [1.82, 2.24) is 5.32 Å². The van der Waals surface area contributed by atoms with E-state index < -0.39 is 30.4 Å². The first-order chi connectivity index (χ1) is 12.7. The number of nitrogens with one attached hydrogen (secondary N) is 3. The van der Waals surface area contributed by atoms with Crippen LogP contribution in [-0.2, 0) is 16.0 Å². The predicted molar refractivity (Wildman–Crippen MR) is 92.7 cm³/mol. The van der Waals surface area contributed by atoms with Gasteiger partial charge in [0.1, 0.15) is 12.4 Å². The first-order valence-electron chi connectivity index (χ1n) is 7.93. The molecule has 0 spiro atoms. The molecule has 2 aromatic rings. The zero-order valence-corrected chi connectivity index (χ0v) is 14.1. The molecule has 0 aliphatic heterocycles. The van der Waals surface area contributed by atoms with E-state index in [-0.39, 0.29) is 24.3 Å². The third-order valence-corrected chi connectivity index (χ3v) is 3.38. The second kappa shape index (κ2) is 9.02. The number of hydrogen-bond donors (Lipinski definition) is 3. The fourth-order valence-electron chi connectivity index (χ4n) is 2.21. The minimum Gasteiger partial charge on any atom is -0.375 e.